The molecule has 2 aromatic carbocycles. The summed E-state index contributed by atoms with van der Waals surface area (Å²) in [6.07, 6.45) is 0. The Morgan fingerprint density at radius 3 is 2.52 bits per heavy atom. The van der Waals surface area contributed by atoms with Gasteiger partial charge >= 0.3 is 0 Å². The van der Waals surface area contributed by atoms with E-state index in [-0.39, 0.29) is 18.3 Å². The van der Waals surface area contributed by atoms with Gasteiger partial charge in [-0.15, -0.1) is 0 Å². The van der Waals surface area contributed by atoms with Crippen LogP contribution in [0.3, 0.4) is 0 Å². The fourth-order valence-electron chi connectivity index (χ4n) is 2.37. The van der Waals surface area contributed by atoms with Crippen LogP contribution in [0, 0.1) is 5.82 Å². The average Bonchev–Trinajstić information content (AvgIpc) is 2.60. The summed E-state index contributed by atoms with van der Waals surface area (Å²) in [6.45, 7) is 1.38. The molecule has 2 aromatic rings. The van der Waals surface area contributed by atoms with Gasteiger partial charge in [0.25, 0.3) is 5.91 Å². The van der Waals surface area contributed by atoms with Crippen LogP contribution >= 0.6 is 15.9 Å². The second-order valence-electron chi connectivity index (χ2n) is 5.97. The lowest BCUT2D eigenvalue weighted by molar-refractivity contribution is 0.0729. The van der Waals surface area contributed by atoms with Crippen LogP contribution < -0.4 is 4.74 Å². The summed E-state index contributed by atoms with van der Waals surface area (Å²) >= 11 is 3.42. The van der Waals surface area contributed by atoms with Crippen LogP contribution in [0.15, 0.2) is 46.9 Å². The van der Waals surface area contributed by atoms with Crippen molar-refractivity contribution in [1.29, 1.82) is 0 Å². The minimum absolute atomic E-state index is 0.170. The summed E-state index contributed by atoms with van der Waals surface area (Å²) in [7, 11) is 5.43. The van der Waals surface area contributed by atoms with Crippen LogP contribution in [-0.4, -0.2) is 50.0 Å². The largest absolute Gasteiger partial charge is 0.497 e. The maximum Gasteiger partial charge on any atom is 0.255 e. The first-order valence-corrected chi connectivity index (χ1v) is 8.72. The summed E-state index contributed by atoms with van der Waals surface area (Å²) in [4.78, 5) is 16.7. The highest BCUT2D eigenvalue weighted by molar-refractivity contribution is 9.10. The summed E-state index contributed by atoms with van der Waals surface area (Å²) in [5.74, 6) is 0.121. The van der Waals surface area contributed by atoms with Gasteiger partial charge in [-0.3, -0.25) is 4.79 Å². The summed E-state index contributed by atoms with van der Waals surface area (Å²) < 4.78 is 19.9. The van der Waals surface area contributed by atoms with Gasteiger partial charge in [0.1, 0.15) is 11.6 Å². The first-order chi connectivity index (χ1) is 11.9. The van der Waals surface area contributed by atoms with E-state index in [1.165, 1.54) is 6.07 Å². The number of hydrogen-bond acceptors (Lipinski definition) is 3. The van der Waals surface area contributed by atoms with Crippen LogP contribution in [0.1, 0.15) is 15.9 Å². The lowest BCUT2D eigenvalue weighted by Gasteiger charge is -2.25. The Balaban J connectivity index is 2.31. The number of carbonyl (C=O) groups excluding carboxylic acids is 1. The Kier molecular flexibility index (Phi) is 6.96. The van der Waals surface area contributed by atoms with Gasteiger partial charge in [-0.2, -0.15) is 0 Å². The highest BCUT2D eigenvalue weighted by atomic mass is 79.9. The number of carbonyl (C=O) groups is 1. The molecule has 25 heavy (non-hydrogen) atoms. The molecular formula is C19H22BrFN2O2. The standard InChI is InChI=1S/C19H22BrFN2O2/c1-22(2)10-11-23(13-14-6-4-5-7-18(14)21)19(24)16-12-15(25-3)8-9-17(16)20/h4-9,12H,10-11,13H2,1-3H3. The van der Waals surface area contributed by atoms with Gasteiger partial charge in [0.05, 0.1) is 12.7 Å². The zero-order valence-corrected chi connectivity index (χ0v) is 16.2. The maximum atomic E-state index is 14.0. The fraction of sp³-hybridized carbons (Fsp3) is 0.316. The Bertz CT molecular complexity index is 737. The number of hydrogen-bond donors (Lipinski definition) is 0. The number of methoxy groups -OCH3 is 1. The van der Waals surface area contributed by atoms with Gasteiger partial charge in [0.15, 0.2) is 0 Å². The molecule has 4 nitrogen and oxygen atoms in total. The summed E-state index contributed by atoms with van der Waals surface area (Å²) in [5, 5.41) is 0. The second-order valence-corrected chi connectivity index (χ2v) is 6.82. The van der Waals surface area contributed by atoms with E-state index in [9.17, 15) is 9.18 Å². The van der Waals surface area contributed by atoms with Crippen molar-refractivity contribution in [1.82, 2.24) is 9.80 Å². The van der Waals surface area contributed by atoms with E-state index in [1.54, 1.807) is 48.4 Å². The highest BCUT2D eigenvalue weighted by Crippen LogP contribution is 2.24. The van der Waals surface area contributed by atoms with Gasteiger partial charge < -0.3 is 14.5 Å². The van der Waals surface area contributed by atoms with Gasteiger partial charge in [-0.25, -0.2) is 4.39 Å². The molecule has 0 aromatic heterocycles. The highest BCUT2D eigenvalue weighted by Gasteiger charge is 2.20. The number of benzene rings is 2. The van der Waals surface area contributed by atoms with E-state index in [4.69, 9.17) is 4.74 Å². The van der Waals surface area contributed by atoms with E-state index in [2.05, 4.69) is 15.9 Å². The number of nitrogens with zero attached hydrogens (tertiary/aromatic N) is 2. The monoisotopic (exact) mass is 408 g/mol. The third-order valence-corrected chi connectivity index (χ3v) is 4.52. The van der Waals surface area contributed by atoms with Crippen molar-refractivity contribution in [3.8, 4) is 5.75 Å². The molecule has 0 atom stereocenters. The van der Waals surface area contributed by atoms with Gasteiger partial charge in [-0.1, -0.05) is 18.2 Å². The van der Waals surface area contributed by atoms with Crippen LogP contribution in [0.5, 0.6) is 5.75 Å². The van der Waals surface area contributed by atoms with E-state index in [0.717, 1.165) is 0 Å². The van der Waals surface area contributed by atoms with Crippen molar-refractivity contribution < 1.29 is 13.9 Å². The molecule has 0 heterocycles. The van der Waals surface area contributed by atoms with Crippen molar-refractivity contribution >= 4 is 21.8 Å². The van der Waals surface area contributed by atoms with Gasteiger partial charge in [0.2, 0.25) is 0 Å². The third kappa shape index (κ3) is 5.28. The Labute approximate surface area is 156 Å². The number of likely N-dealkylation sites (N-methyl/N-ethyl adjacent to an activating group) is 1. The predicted molar refractivity (Wildman–Crippen MR) is 100 cm³/mol. The molecule has 0 unspecified atom stereocenters. The lowest BCUT2D eigenvalue weighted by atomic mass is 10.1. The molecule has 0 aliphatic rings. The SMILES string of the molecule is COc1ccc(Br)c(C(=O)N(CCN(C)C)Cc2ccccc2F)c1. The molecule has 0 saturated carbocycles. The topological polar surface area (TPSA) is 32.8 Å². The number of rotatable bonds is 7. The maximum absolute atomic E-state index is 14.0. The molecule has 2 rings (SSSR count). The van der Waals surface area contributed by atoms with E-state index in [1.807, 2.05) is 19.0 Å². The predicted octanol–water partition coefficient (Wildman–Crippen LogP) is 3.80. The van der Waals surface area contributed by atoms with E-state index < -0.39 is 0 Å². The first kappa shape index (κ1) is 19.4. The molecule has 0 bridgehead atoms. The molecule has 0 radical (unpaired) electrons. The smallest absolute Gasteiger partial charge is 0.255 e. The van der Waals surface area contributed by atoms with Crippen molar-refractivity contribution in [2.45, 2.75) is 6.54 Å². The molecule has 0 aliphatic carbocycles. The van der Waals surface area contributed by atoms with Crippen LogP contribution in [0.2, 0.25) is 0 Å². The van der Waals surface area contributed by atoms with Crippen LogP contribution in [-0.2, 0) is 6.54 Å². The minimum Gasteiger partial charge on any atom is -0.497 e. The molecule has 0 aliphatic heterocycles. The normalized spacial score (nSPS) is 10.8. The molecular weight excluding hydrogens is 387 g/mol. The Hall–Kier alpha value is -1.92. The Morgan fingerprint density at radius 2 is 1.88 bits per heavy atom. The minimum atomic E-state index is -0.310. The molecule has 0 spiro atoms. The lowest BCUT2D eigenvalue weighted by Crippen LogP contribution is -2.36. The zero-order chi connectivity index (χ0) is 18.4. The molecule has 0 saturated heterocycles. The van der Waals surface area contributed by atoms with Gasteiger partial charge in [0, 0.05) is 29.7 Å². The van der Waals surface area contributed by atoms with Crippen LogP contribution in [0.25, 0.3) is 0 Å². The average molecular weight is 409 g/mol. The number of amides is 1. The van der Waals surface area contributed by atoms with E-state index in [0.29, 0.717) is 34.4 Å². The molecule has 0 N–H and O–H groups in total. The van der Waals surface area contributed by atoms with Crippen molar-refractivity contribution in [2.24, 2.45) is 0 Å². The van der Waals surface area contributed by atoms with Crippen molar-refractivity contribution in [3.63, 3.8) is 0 Å². The summed E-state index contributed by atoms with van der Waals surface area (Å²) in [5.41, 5.74) is 0.989. The molecule has 6 heteroatoms. The summed E-state index contributed by atoms with van der Waals surface area (Å²) in [6, 6.07) is 11.8. The fourth-order valence-corrected chi connectivity index (χ4v) is 2.79. The zero-order valence-electron chi connectivity index (χ0n) is 14.6. The van der Waals surface area contributed by atoms with Crippen molar-refractivity contribution in [3.05, 3.63) is 63.9 Å². The Morgan fingerprint density at radius 1 is 1.16 bits per heavy atom. The molecule has 1 amide bonds. The number of ether oxygens (including phenoxy) is 1. The first-order valence-electron chi connectivity index (χ1n) is 7.93. The van der Waals surface area contributed by atoms with Crippen molar-refractivity contribution in [2.75, 3.05) is 34.3 Å². The van der Waals surface area contributed by atoms with Crippen LogP contribution in [0.4, 0.5) is 4.39 Å². The number of halogens is 2. The third-order valence-electron chi connectivity index (χ3n) is 3.83. The molecule has 134 valence electrons. The van der Waals surface area contributed by atoms with Gasteiger partial charge in [-0.05, 0) is 54.3 Å². The quantitative estimate of drug-likeness (QED) is 0.698. The van der Waals surface area contributed by atoms with E-state index >= 15 is 0 Å². The second kappa shape index (κ2) is 8.97. The molecule has 0 fully saturated rings.